The van der Waals surface area contributed by atoms with Crippen LogP contribution in [0.4, 0.5) is 0 Å². The molecule has 0 radical (unpaired) electrons. The molecule has 0 aromatic heterocycles. The zero-order chi connectivity index (χ0) is 14.2. The number of nitrogens with one attached hydrogen (secondary N) is 1. The van der Waals surface area contributed by atoms with Crippen LogP contribution in [0.3, 0.4) is 0 Å². The summed E-state index contributed by atoms with van der Waals surface area (Å²) in [7, 11) is 0. The first-order chi connectivity index (χ1) is 9.79. The second-order valence-electron chi connectivity index (χ2n) is 6.30. The maximum absolute atomic E-state index is 12.4. The van der Waals surface area contributed by atoms with Crippen molar-refractivity contribution < 1.29 is 4.79 Å². The highest BCUT2D eigenvalue weighted by Crippen LogP contribution is 2.13. The molecule has 116 valence electrons. The molecule has 2 aliphatic rings. The van der Waals surface area contributed by atoms with E-state index < -0.39 is 0 Å². The van der Waals surface area contributed by atoms with Crippen LogP contribution in [-0.2, 0) is 4.79 Å². The second-order valence-corrected chi connectivity index (χ2v) is 6.30. The quantitative estimate of drug-likeness (QED) is 0.835. The van der Waals surface area contributed by atoms with E-state index in [4.69, 9.17) is 0 Å². The Bertz CT molecular complexity index is 279. The van der Waals surface area contributed by atoms with Crippen molar-refractivity contribution in [3.8, 4) is 0 Å². The van der Waals surface area contributed by atoms with Gasteiger partial charge >= 0.3 is 0 Å². The monoisotopic (exact) mass is 281 g/mol. The van der Waals surface area contributed by atoms with Gasteiger partial charge in [0.2, 0.25) is 5.91 Å². The molecule has 0 aliphatic carbocycles. The Morgan fingerprint density at radius 3 is 2.30 bits per heavy atom. The molecule has 0 unspecified atom stereocenters. The second kappa shape index (κ2) is 8.63. The molecule has 1 amide bonds. The minimum atomic E-state index is 0.348. The van der Waals surface area contributed by atoms with Crippen LogP contribution in [0.2, 0.25) is 0 Å². The van der Waals surface area contributed by atoms with Crippen LogP contribution in [0.25, 0.3) is 0 Å². The van der Waals surface area contributed by atoms with Crippen molar-refractivity contribution in [1.29, 1.82) is 0 Å². The van der Waals surface area contributed by atoms with Gasteiger partial charge < -0.3 is 10.2 Å². The van der Waals surface area contributed by atoms with E-state index in [1.165, 1.54) is 32.1 Å². The lowest BCUT2D eigenvalue weighted by molar-refractivity contribution is -0.133. The molecule has 0 spiro atoms. The molecule has 2 rings (SSSR count). The lowest BCUT2D eigenvalue weighted by Crippen LogP contribution is -2.48. The van der Waals surface area contributed by atoms with Gasteiger partial charge in [-0.05, 0) is 51.7 Å². The van der Waals surface area contributed by atoms with Crippen LogP contribution < -0.4 is 5.32 Å². The summed E-state index contributed by atoms with van der Waals surface area (Å²) in [6.45, 7) is 8.05. The van der Waals surface area contributed by atoms with E-state index in [1.807, 2.05) is 0 Å². The van der Waals surface area contributed by atoms with Crippen LogP contribution in [0, 0.1) is 0 Å². The molecule has 0 saturated carbocycles. The highest BCUT2D eigenvalue weighted by Gasteiger charge is 2.23. The molecule has 2 fully saturated rings. The Morgan fingerprint density at radius 1 is 1.05 bits per heavy atom. The number of rotatable bonds is 5. The number of likely N-dealkylation sites (tertiary alicyclic amines) is 2. The number of hydrogen-bond acceptors (Lipinski definition) is 3. The highest BCUT2D eigenvalue weighted by molar-refractivity contribution is 5.78. The maximum atomic E-state index is 12.4. The number of piperidine rings is 1. The topological polar surface area (TPSA) is 35.6 Å². The molecule has 1 N–H and O–H groups in total. The van der Waals surface area contributed by atoms with Gasteiger partial charge in [0.1, 0.15) is 0 Å². The van der Waals surface area contributed by atoms with Crippen molar-refractivity contribution in [2.45, 2.75) is 57.9 Å². The molecular weight excluding hydrogens is 250 g/mol. The normalized spacial score (nSPS) is 22.8. The van der Waals surface area contributed by atoms with Crippen molar-refractivity contribution in [2.24, 2.45) is 0 Å². The summed E-state index contributed by atoms with van der Waals surface area (Å²) in [5.41, 5.74) is 0. The van der Waals surface area contributed by atoms with Gasteiger partial charge in [0.15, 0.2) is 0 Å². The molecule has 2 aliphatic heterocycles. The minimum Gasteiger partial charge on any atom is -0.341 e. The molecule has 0 bridgehead atoms. The van der Waals surface area contributed by atoms with Gasteiger partial charge in [0, 0.05) is 19.1 Å². The number of amides is 1. The van der Waals surface area contributed by atoms with Gasteiger partial charge in [-0.15, -0.1) is 0 Å². The van der Waals surface area contributed by atoms with Gasteiger partial charge in [-0.1, -0.05) is 19.8 Å². The van der Waals surface area contributed by atoms with Gasteiger partial charge in [-0.2, -0.15) is 0 Å². The van der Waals surface area contributed by atoms with E-state index in [0.29, 0.717) is 18.5 Å². The highest BCUT2D eigenvalue weighted by atomic mass is 16.2. The predicted octanol–water partition coefficient (Wildman–Crippen LogP) is 1.85. The van der Waals surface area contributed by atoms with E-state index >= 15 is 0 Å². The maximum Gasteiger partial charge on any atom is 0.236 e. The van der Waals surface area contributed by atoms with Crippen molar-refractivity contribution in [3.63, 3.8) is 0 Å². The Kier molecular flexibility index (Phi) is 6.80. The van der Waals surface area contributed by atoms with Gasteiger partial charge in [0.05, 0.1) is 6.54 Å². The standard InChI is InChI=1S/C16H31N3O/c1-2-9-17-15-7-12-19(13-8-15)16(20)14-18-10-5-3-4-6-11-18/h15,17H,2-14H2,1H3. The molecule has 2 heterocycles. The summed E-state index contributed by atoms with van der Waals surface area (Å²) in [6, 6.07) is 0.622. The minimum absolute atomic E-state index is 0.348. The third-order valence-corrected chi connectivity index (χ3v) is 4.59. The lowest BCUT2D eigenvalue weighted by atomic mass is 10.0. The van der Waals surface area contributed by atoms with Gasteiger partial charge in [-0.25, -0.2) is 0 Å². The Hall–Kier alpha value is -0.610. The molecular formula is C16H31N3O. The largest absolute Gasteiger partial charge is 0.341 e. The first-order valence-electron chi connectivity index (χ1n) is 8.53. The van der Waals surface area contributed by atoms with Crippen molar-refractivity contribution >= 4 is 5.91 Å². The Balaban J connectivity index is 1.68. The first kappa shape index (κ1) is 15.8. The lowest BCUT2D eigenvalue weighted by Gasteiger charge is -2.34. The van der Waals surface area contributed by atoms with Crippen LogP contribution in [0.15, 0.2) is 0 Å². The summed E-state index contributed by atoms with van der Waals surface area (Å²) < 4.78 is 0. The van der Waals surface area contributed by atoms with Crippen molar-refractivity contribution in [1.82, 2.24) is 15.1 Å². The van der Waals surface area contributed by atoms with Crippen molar-refractivity contribution in [3.05, 3.63) is 0 Å². The fourth-order valence-corrected chi connectivity index (χ4v) is 3.27. The number of carbonyl (C=O) groups excluding carboxylic acids is 1. The fourth-order valence-electron chi connectivity index (χ4n) is 3.27. The average Bonchev–Trinajstić information content (AvgIpc) is 2.74. The van der Waals surface area contributed by atoms with Gasteiger partial charge in [0.25, 0.3) is 0 Å². The zero-order valence-electron chi connectivity index (χ0n) is 13.1. The SMILES string of the molecule is CCCNC1CCN(C(=O)CN2CCCCCC2)CC1. The summed E-state index contributed by atoms with van der Waals surface area (Å²) in [6.07, 6.45) is 8.61. The number of hydrogen-bond donors (Lipinski definition) is 1. The molecule has 0 aromatic rings. The van der Waals surface area contributed by atoms with Crippen molar-refractivity contribution in [2.75, 3.05) is 39.3 Å². The Morgan fingerprint density at radius 2 is 1.70 bits per heavy atom. The summed E-state index contributed by atoms with van der Waals surface area (Å²) >= 11 is 0. The van der Waals surface area contributed by atoms with Crippen LogP contribution in [-0.4, -0.2) is 61.0 Å². The Labute approximate surface area is 123 Å². The summed E-state index contributed by atoms with van der Waals surface area (Å²) in [5, 5.41) is 3.57. The van der Waals surface area contributed by atoms with Crippen LogP contribution in [0.5, 0.6) is 0 Å². The van der Waals surface area contributed by atoms with E-state index in [1.54, 1.807) is 0 Å². The molecule has 4 nitrogen and oxygen atoms in total. The number of nitrogens with zero attached hydrogens (tertiary/aromatic N) is 2. The third-order valence-electron chi connectivity index (χ3n) is 4.59. The smallest absolute Gasteiger partial charge is 0.236 e. The van der Waals surface area contributed by atoms with E-state index in [-0.39, 0.29) is 0 Å². The van der Waals surface area contributed by atoms with E-state index in [9.17, 15) is 4.79 Å². The van der Waals surface area contributed by atoms with E-state index in [0.717, 1.165) is 45.6 Å². The van der Waals surface area contributed by atoms with Crippen LogP contribution in [0.1, 0.15) is 51.9 Å². The number of carbonyl (C=O) groups is 1. The fraction of sp³-hybridized carbons (Fsp3) is 0.938. The zero-order valence-corrected chi connectivity index (χ0v) is 13.1. The first-order valence-corrected chi connectivity index (χ1v) is 8.53. The van der Waals surface area contributed by atoms with E-state index in [2.05, 4.69) is 22.0 Å². The summed E-state index contributed by atoms with van der Waals surface area (Å²) in [5.74, 6) is 0.348. The molecule has 2 saturated heterocycles. The third kappa shape index (κ3) is 5.06. The molecule has 0 aromatic carbocycles. The van der Waals surface area contributed by atoms with Gasteiger partial charge in [-0.3, -0.25) is 9.69 Å². The molecule has 20 heavy (non-hydrogen) atoms. The molecule has 0 atom stereocenters. The van der Waals surface area contributed by atoms with Crippen LogP contribution >= 0.6 is 0 Å². The predicted molar refractivity (Wildman–Crippen MR) is 82.8 cm³/mol. The average molecular weight is 281 g/mol. The molecule has 4 heteroatoms. The summed E-state index contributed by atoms with van der Waals surface area (Å²) in [4.78, 5) is 16.8.